The molecule has 1 aliphatic heterocycles. The molecule has 3 rings (SSSR count). The van der Waals surface area contributed by atoms with E-state index in [4.69, 9.17) is 0 Å². The molecule has 1 saturated carbocycles. The van der Waals surface area contributed by atoms with E-state index in [-0.39, 0.29) is 11.7 Å². The van der Waals surface area contributed by atoms with Crippen LogP contribution in [0.3, 0.4) is 0 Å². The van der Waals surface area contributed by atoms with Gasteiger partial charge in [0.15, 0.2) is 6.54 Å². The number of hydrogen-bond donors (Lipinski definition) is 2. The number of piperazine rings is 1. The van der Waals surface area contributed by atoms with E-state index in [2.05, 4.69) is 17.1 Å². The monoisotopic (exact) mass is 334 g/mol. The topological polar surface area (TPSA) is 36.8 Å². The first-order valence-corrected chi connectivity index (χ1v) is 9.25. The van der Waals surface area contributed by atoms with Crippen LogP contribution in [0, 0.1) is 11.7 Å². The van der Waals surface area contributed by atoms with Gasteiger partial charge in [-0.15, -0.1) is 0 Å². The average Bonchev–Trinajstić information content (AvgIpc) is 2.58. The highest BCUT2D eigenvalue weighted by atomic mass is 19.1. The van der Waals surface area contributed by atoms with Gasteiger partial charge in [-0.1, -0.05) is 19.8 Å². The first kappa shape index (κ1) is 17.2. The SMILES string of the molecule is C[C@@H]1CCCC[C@@H]1NC(=O)C[NH+]1CCN(c2ccc(F)cc2)CC1. The smallest absolute Gasteiger partial charge is 0.275 e. The van der Waals surface area contributed by atoms with E-state index >= 15 is 0 Å². The Kier molecular flexibility index (Phi) is 5.72. The Morgan fingerprint density at radius 3 is 2.54 bits per heavy atom. The minimum atomic E-state index is -0.198. The lowest BCUT2D eigenvalue weighted by Crippen LogP contribution is -3.16. The molecule has 1 saturated heterocycles. The van der Waals surface area contributed by atoms with Crippen LogP contribution in [-0.2, 0) is 4.79 Å². The highest BCUT2D eigenvalue weighted by Gasteiger charge is 2.26. The van der Waals surface area contributed by atoms with Crippen molar-refractivity contribution in [3.05, 3.63) is 30.1 Å². The van der Waals surface area contributed by atoms with E-state index < -0.39 is 0 Å². The van der Waals surface area contributed by atoms with Gasteiger partial charge in [0.1, 0.15) is 5.82 Å². The Morgan fingerprint density at radius 1 is 1.21 bits per heavy atom. The molecule has 1 aromatic carbocycles. The lowest BCUT2D eigenvalue weighted by Gasteiger charge is -2.34. The summed E-state index contributed by atoms with van der Waals surface area (Å²) in [6.07, 6.45) is 4.89. The lowest BCUT2D eigenvalue weighted by atomic mass is 9.86. The molecule has 5 heteroatoms. The van der Waals surface area contributed by atoms with Gasteiger partial charge in [-0.3, -0.25) is 4.79 Å². The third kappa shape index (κ3) is 4.47. The number of carbonyl (C=O) groups excluding carboxylic acids is 1. The summed E-state index contributed by atoms with van der Waals surface area (Å²) in [4.78, 5) is 15.9. The number of carbonyl (C=O) groups is 1. The zero-order chi connectivity index (χ0) is 16.9. The molecular weight excluding hydrogens is 305 g/mol. The van der Waals surface area contributed by atoms with Crippen molar-refractivity contribution in [1.82, 2.24) is 5.32 Å². The molecule has 0 bridgehead atoms. The van der Waals surface area contributed by atoms with Crippen LogP contribution >= 0.6 is 0 Å². The van der Waals surface area contributed by atoms with Gasteiger partial charge in [-0.05, 0) is 43.0 Å². The summed E-state index contributed by atoms with van der Waals surface area (Å²) in [7, 11) is 0. The number of nitrogens with zero attached hydrogens (tertiary/aromatic N) is 1. The molecule has 2 N–H and O–H groups in total. The molecule has 1 heterocycles. The second-order valence-corrected chi connectivity index (χ2v) is 7.33. The first-order valence-electron chi connectivity index (χ1n) is 9.25. The van der Waals surface area contributed by atoms with E-state index in [9.17, 15) is 9.18 Å². The van der Waals surface area contributed by atoms with Gasteiger partial charge >= 0.3 is 0 Å². The van der Waals surface area contributed by atoms with E-state index in [0.717, 1.165) is 38.3 Å². The molecule has 1 aliphatic carbocycles. The molecule has 0 spiro atoms. The summed E-state index contributed by atoms with van der Waals surface area (Å²) in [5.74, 6) is 0.601. The summed E-state index contributed by atoms with van der Waals surface area (Å²) in [5, 5.41) is 3.25. The Bertz CT molecular complexity index is 540. The van der Waals surface area contributed by atoms with E-state index in [0.29, 0.717) is 18.5 Å². The van der Waals surface area contributed by atoms with Gasteiger partial charge in [0.2, 0.25) is 0 Å². The lowest BCUT2D eigenvalue weighted by molar-refractivity contribution is -0.892. The van der Waals surface area contributed by atoms with Crippen LogP contribution in [0.15, 0.2) is 24.3 Å². The summed E-state index contributed by atoms with van der Waals surface area (Å²) in [5.41, 5.74) is 1.07. The number of amides is 1. The molecule has 2 atom stereocenters. The van der Waals surface area contributed by atoms with E-state index in [1.165, 1.54) is 36.3 Å². The third-order valence-electron chi connectivity index (χ3n) is 5.53. The minimum Gasteiger partial charge on any atom is -0.360 e. The van der Waals surface area contributed by atoms with Crippen molar-refractivity contribution in [1.29, 1.82) is 0 Å². The van der Waals surface area contributed by atoms with Gasteiger partial charge in [0.25, 0.3) is 5.91 Å². The Balaban J connectivity index is 1.43. The molecule has 1 aromatic rings. The minimum absolute atomic E-state index is 0.194. The Hall–Kier alpha value is -1.62. The predicted octanol–water partition coefficient (Wildman–Crippen LogP) is 1.23. The standard InChI is InChI=1S/C19H28FN3O/c1-15-4-2-3-5-18(15)21-19(24)14-22-10-12-23(13-11-22)17-8-6-16(20)7-9-17/h6-9,15,18H,2-5,10-14H2,1H3,(H,21,24)/p+1/t15-,18+/m1/s1. The first-order chi connectivity index (χ1) is 11.6. The maximum Gasteiger partial charge on any atom is 0.275 e. The van der Waals surface area contributed by atoms with Crippen LogP contribution in [0.4, 0.5) is 10.1 Å². The van der Waals surface area contributed by atoms with Crippen LogP contribution in [0.5, 0.6) is 0 Å². The fourth-order valence-corrected chi connectivity index (χ4v) is 3.93. The molecule has 0 aromatic heterocycles. The largest absolute Gasteiger partial charge is 0.360 e. The quantitative estimate of drug-likeness (QED) is 0.869. The highest BCUT2D eigenvalue weighted by molar-refractivity contribution is 5.77. The third-order valence-corrected chi connectivity index (χ3v) is 5.53. The van der Waals surface area contributed by atoms with Crippen molar-refractivity contribution in [2.45, 2.75) is 38.6 Å². The average molecular weight is 334 g/mol. The van der Waals surface area contributed by atoms with Crippen molar-refractivity contribution >= 4 is 11.6 Å². The van der Waals surface area contributed by atoms with Crippen LogP contribution in [0.1, 0.15) is 32.6 Å². The van der Waals surface area contributed by atoms with Gasteiger partial charge in [-0.25, -0.2) is 4.39 Å². The molecule has 0 unspecified atom stereocenters. The van der Waals surface area contributed by atoms with Crippen molar-refractivity contribution in [2.75, 3.05) is 37.6 Å². The molecule has 0 radical (unpaired) electrons. The summed E-state index contributed by atoms with van der Waals surface area (Å²) < 4.78 is 13.0. The van der Waals surface area contributed by atoms with Crippen molar-refractivity contribution in [2.24, 2.45) is 5.92 Å². The summed E-state index contributed by atoms with van der Waals surface area (Å²) in [6, 6.07) is 7.04. The second-order valence-electron chi connectivity index (χ2n) is 7.33. The number of quaternary nitrogens is 1. The van der Waals surface area contributed by atoms with Crippen LogP contribution in [0.2, 0.25) is 0 Å². The van der Waals surface area contributed by atoms with Crippen LogP contribution in [-0.4, -0.2) is 44.7 Å². The summed E-state index contributed by atoms with van der Waals surface area (Å²) in [6.45, 7) is 6.54. The number of benzene rings is 1. The van der Waals surface area contributed by atoms with Gasteiger partial charge in [-0.2, -0.15) is 0 Å². The van der Waals surface area contributed by atoms with Crippen LogP contribution in [0.25, 0.3) is 0 Å². The summed E-state index contributed by atoms with van der Waals surface area (Å²) >= 11 is 0. The van der Waals surface area contributed by atoms with Crippen molar-refractivity contribution in [3.63, 3.8) is 0 Å². The second kappa shape index (κ2) is 7.97. The van der Waals surface area contributed by atoms with Crippen molar-refractivity contribution < 1.29 is 14.1 Å². The molecule has 4 nitrogen and oxygen atoms in total. The van der Waals surface area contributed by atoms with Gasteiger partial charge in [0, 0.05) is 11.7 Å². The normalized spacial score (nSPS) is 25.5. The fourth-order valence-electron chi connectivity index (χ4n) is 3.93. The molecular formula is C19H29FN3O+. The number of halogens is 1. The predicted molar refractivity (Wildman–Crippen MR) is 93.7 cm³/mol. The maximum atomic E-state index is 13.0. The molecule has 1 amide bonds. The van der Waals surface area contributed by atoms with Crippen LogP contribution < -0.4 is 15.1 Å². The van der Waals surface area contributed by atoms with E-state index in [1.54, 1.807) is 0 Å². The highest BCUT2D eigenvalue weighted by Crippen LogP contribution is 2.23. The van der Waals surface area contributed by atoms with E-state index in [1.807, 2.05) is 12.1 Å². The van der Waals surface area contributed by atoms with Crippen molar-refractivity contribution in [3.8, 4) is 0 Å². The fraction of sp³-hybridized carbons (Fsp3) is 0.632. The number of rotatable bonds is 4. The molecule has 2 fully saturated rings. The van der Waals surface area contributed by atoms with Gasteiger partial charge in [0.05, 0.1) is 26.2 Å². The number of hydrogen-bond acceptors (Lipinski definition) is 2. The number of nitrogens with one attached hydrogen (secondary N) is 2. The Morgan fingerprint density at radius 2 is 1.88 bits per heavy atom. The molecule has 132 valence electrons. The number of anilines is 1. The molecule has 2 aliphatic rings. The Labute approximate surface area is 144 Å². The zero-order valence-corrected chi connectivity index (χ0v) is 14.6. The zero-order valence-electron chi connectivity index (χ0n) is 14.6. The molecule has 24 heavy (non-hydrogen) atoms. The van der Waals surface area contributed by atoms with Gasteiger partial charge < -0.3 is 15.1 Å². The maximum absolute atomic E-state index is 13.0.